The Morgan fingerprint density at radius 2 is 1.95 bits per heavy atom. The number of ether oxygens (including phenoxy) is 1. The lowest BCUT2D eigenvalue weighted by molar-refractivity contribution is -0.0363. The van der Waals surface area contributed by atoms with Crippen molar-refractivity contribution in [3.8, 4) is 10.6 Å². The van der Waals surface area contributed by atoms with Crippen LogP contribution in [0.2, 0.25) is 5.15 Å². The van der Waals surface area contributed by atoms with Crippen LogP contribution in [0.4, 0.5) is 20.2 Å². The second-order valence-electron chi connectivity index (χ2n) is 8.90. The highest BCUT2D eigenvalue weighted by Gasteiger charge is 2.29. The van der Waals surface area contributed by atoms with E-state index < -0.39 is 28.3 Å². The summed E-state index contributed by atoms with van der Waals surface area (Å²) in [6.45, 7) is 4.29. The van der Waals surface area contributed by atoms with Crippen LogP contribution < -0.4 is 5.32 Å². The number of nitrogens with zero attached hydrogens (tertiary/aromatic N) is 4. The van der Waals surface area contributed by atoms with Gasteiger partial charge in [0.2, 0.25) is 0 Å². The molecule has 4 heterocycles. The first-order valence-electron chi connectivity index (χ1n) is 11.6. The summed E-state index contributed by atoms with van der Waals surface area (Å²) in [6, 6.07) is 6.36. The average Bonchev–Trinajstić information content (AvgIpc) is 3.39. The van der Waals surface area contributed by atoms with Gasteiger partial charge in [0.1, 0.15) is 21.9 Å². The van der Waals surface area contributed by atoms with E-state index in [1.807, 2.05) is 13.8 Å². The highest BCUT2D eigenvalue weighted by atomic mass is 35.5. The summed E-state index contributed by atoms with van der Waals surface area (Å²) in [5, 5.41) is 3.80. The van der Waals surface area contributed by atoms with Crippen molar-refractivity contribution in [1.82, 2.24) is 19.5 Å². The van der Waals surface area contributed by atoms with Crippen molar-refractivity contribution < 1.29 is 21.9 Å². The number of imidazole rings is 1. The van der Waals surface area contributed by atoms with Gasteiger partial charge in [-0.25, -0.2) is 32.2 Å². The molecule has 0 bridgehead atoms. The number of alkyl halides is 2. The number of anilines is 2. The molecule has 1 saturated heterocycles. The van der Waals surface area contributed by atoms with Gasteiger partial charge in [-0.15, -0.1) is 11.3 Å². The zero-order valence-corrected chi connectivity index (χ0v) is 22.6. The molecule has 1 aromatic carbocycles. The third-order valence-corrected chi connectivity index (χ3v) is 8.66. The molecular weight excluding hydrogens is 544 g/mol. The van der Waals surface area contributed by atoms with Crippen molar-refractivity contribution in [2.24, 2.45) is 0 Å². The number of hydrogen-bond acceptors (Lipinski definition) is 8. The lowest BCUT2D eigenvalue weighted by Crippen LogP contribution is -2.20. The van der Waals surface area contributed by atoms with E-state index in [1.165, 1.54) is 22.0 Å². The Hall–Kier alpha value is -2.67. The number of sulfone groups is 1. The molecule has 1 aliphatic rings. The summed E-state index contributed by atoms with van der Waals surface area (Å²) in [7, 11) is -3.68. The number of benzene rings is 1. The van der Waals surface area contributed by atoms with Crippen LogP contribution in [-0.4, -0.2) is 40.8 Å². The number of aromatic nitrogens is 4. The van der Waals surface area contributed by atoms with E-state index in [0.717, 1.165) is 29.7 Å². The minimum atomic E-state index is -3.68. The molecule has 0 spiro atoms. The van der Waals surface area contributed by atoms with Gasteiger partial charge in [0.15, 0.2) is 21.3 Å². The fraction of sp³-hybridized carbons (Fsp3) is 0.375. The molecule has 1 atom stereocenters. The van der Waals surface area contributed by atoms with Crippen LogP contribution in [0.3, 0.4) is 0 Å². The van der Waals surface area contributed by atoms with Gasteiger partial charge in [0.05, 0.1) is 22.0 Å². The third kappa shape index (κ3) is 5.07. The molecule has 4 aromatic rings. The van der Waals surface area contributed by atoms with Crippen molar-refractivity contribution in [2.45, 2.75) is 50.7 Å². The Labute approximate surface area is 221 Å². The zero-order valence-electron chi connectivity index (χ0n) is 20.3. The smallest absolute Gasteiger partial charge is 0.295 e. The molecule has 196 valence electrons. The fourth-order valence-corrected chi connectivity index (χ4v) is 6.28. The van der Waals surface area contributed by atoms with E-state index >= 15 is 0 Å². The molecule has 1 unspecified atom stereocenters. The minimum Gasteiger partial charge on any atom is -0.358 e. The van der Waals surface area contributed by atoms with E-state index in [-0.39, 0.29) is 32.6 Å². The van der Waals surface area contributed by atoms with Gasteiger partial charge in [-0.2, -0.15) is 0 Å². The van der Waals surface area contributed by atoms with E-state index in [4.69, 9.17) is 16.3 Å². The second-order valence-corrected chi connectivity index (χ2v) is 12.5. The van der Waals surface area contributed by atoms with Crippen molar-refractivity contribution >= 4 is 55.3 Å². The summed E-state index contributed by atoms with van der Waals surface area (Å²) in [5.41, 5.74) is 2.33. The minimum absolute atomic E-state index is 0.0284. The van der Waals surface area contributed by atoms with E-state index in [1.54, 1.807) is 18.2 Å². The molecular formula is C24H24ClF2N5O3S2. The zero-order chi connectivity index (χ0) is 26.5. The Balaban J connectivity index is 1.63. The van der Waals surface area contributed by atoms with Gasteiger partial charge in [0, 0.05) is 29.4 Å². The largest absolute Gasteiger partial charge is 0.358 e. The Morgan fingerprint density at radius 3 is 2.57 bits per heavy atom. The number of fused-ring (bicyclic) bond motifs is 1. The number of thiazole rings is 1. The Kier molecular flexibility index (Phi) is 6.94. The van der Waals surface area contributed by atoms with E-state index in [9.17, 15) is 17.2 Å². The molecule has 8 nitrogen and oxygen atoms in total. The predicted octanol–water partition coefficient (Wildman–Crippen LogP) is 6.61. The van der Waals surface area contributed by atoms with Gasteiger partial charge in [0.25, 0.3) is 6.43 Å². The van der Waals surface area contributed by atoms with Crippen LogP contribution in [-0.2, 0) is 14.6 Å². The van der Waals surface area contributed by atoms with Crippen molar-refractivity contribution in [2.75, 3.05) is 18.2 Å². The maximum atomic E-state index is 14.0. The highest BCUT2D eigenvalue weighted by molar-refractivity contribution is 7.90. The van der Waals surface area contributed by atoms with Gasteiger partial charge in [-0.05, 0) is 51.3 Å². The summed E-state index contributed by atoms with van der Waals surface area (Å²) in [5.74, 6) is -0.479. The van der Waals surface area contributed by atoms with Crippen LogP contribution in [0.15, 0.2) is 29.2 Å². The summed E-state index contributed by atoms with van der Waals surface area (Å²) in [6.07, 6.45) is -0.203. The SMILES string of the molecule is Cc1nc(-c2ccc(Nc3cc(Cl)nc4c3nc(C(F)F)n4C3CCCCO3)c(S(C)(=O)=O)c2)sc1C. The molecule has 1 N–H and O–H groups in total. The van der Waals surface area contributed by atoms with Gasteiger partial charge in [-0.1, -0.05) is 11.6 Å². The lowest BCUT2D eigenvalue weighted by Gasteiger charge is -2.25. The fourth-order valence-electron chi connectivity index (χ4n) is 4.32. The molecule has 3 aromatic heterocycles. The van der Waals surface area contributed by atoms with Crippen LogP contribution in [0.25, 0.3) is 21.7 Å². The van der Waals surface area contributed by atoms with Crippen molar-refractivity contribution in [3.05, 3.63) is 45.8 Å². The standard InChI is InChI=1S/C24H24ClF2N5O3S2/c1-12-13(2)36-24(28-12)14-7-8-15(17(10-14)37(3,33)34)29-16-11-18(25)30-22-20(16)31-23(21(26)27)32(22)19-6-4-5-9-35-19/h7-8,10-11,19,21H,4-6,9H2,1-3H3,(H,29,30). The molecule has 0 aliphatic carbocycles. The number of halogens is 3. The molecule has 0 saturated carbocycles. The first-order chi connectivity index (χ1) is 17.5. The molecule has 0 amide bonds. The lowest BCUT2D eigenvalue weighted by atomic mass is 10.2. The monoisotopic (exact) mass is 567 g/mol. The quantitative estimate of drug-likeness (QED) is 0.262. The summed E-state index contributed by atoms with van der Waals surface area (Å²) in [4.78, 5) is 14.1. The Bertz CT molecular complexity index is 1580. The second kappa shape index (κ2) is 9.90. The molecule has 13 heteroatoms. The molecule has 1 fully saturated rings. The van der Waals surface area contributed by atoms with Crippen LogP contribution in [0.1, 0.15) is 48.3 Å². The topological polar surface area (TPSA) is 99.0 Å². The predicted molar refractivity (Wildman–Crippen MR) is 140 cm³/mol. The first kappa shape index (κ1) is 26.0. The van der Waals surface area contributed by atoms with E-state index in [0.29, 0.717) is 23.6 Å². The maximum Gasteiger partial charge on any atom is 0.295 e. The van der Waals surface area contributed by atoms with E-state index in [2.05, 4.69) is 20.3 Å². The number of rotatable bonds is 6. The summed E-state index contributed by atoms with van der Waals surface area (Å²) >= 11 is 7.77. The average molecular weight is 568 g/mol. The Morgan fingerprint density at radius 1 is 1.16 bits per heavy atom. The van der Waals surface area contributed by atoms with Crippen LogP contribution in [0, 0.1) is 13.8 Å². The maximum absolute atomic E-state index is 14.0. The van der Waals surface area contributed by atoms with Crippen LogP contribution >= 0.6 is 22.9 Å². The van der Waals surface area contributed by atoms with Gasteiger partial charge >= 0.3 is 0 Å². The number of pyridine rings is 1. The van der Waals surface area contributed by atoms with Gasteiger partial charge in [-0.3, -0.25) is 4.57 Å². The first-order valence-corrected chi connectivity index (χ1v) is 14.6. The third-order valence-electron chi connectivity index (χ3n) is 6.21. The highest BCUT2D eigenvalue weighted by Crippen LogP contribution is 2.38. The van der Waals surface area contributed by atoms with Gasteiger partial charge < -0.3 is 10.1 Å². The molecule has 1 aliphatic heterocycles. The van der Waals surface area contributed by atoms with Crippen LogP contribution in [0.5, 0.6) is 0 Å². The molecule has 5 rings (SSSR count). The number of aryl methyl sites for hydroxylation is 2. The van der Waals surface area contributed by atoms with Crippen molar-refractivity contribution in [1.29, 1.82) is 0 Å². The normalized spacial score (nSPS) is 16.6. The number of nitrogens with one attached hydrogen (secondary N) is 1. The molecule has 37 heavy (non-hydrogen) atoms. The van der Waals surface area contributed by atoms with Crippen molar-refractivity contribution in [3.63, 3.8) is 0 Å². The number of hydrogen-bond donors (Lipinski definition) is 1. The molecule has 0 radical (unpaired) electrons. The summed E-state index contributed by atoms with van der Waals surface area (Å²) < 4.78 is 60.6.